The van der Waals surface area contributed by atoms with Crippen LogP contribution in [-0.2, 0) is 11.3 Å². The Hall–Kier alpha value is -1.82. The molecule has 2 N–H and O–H groups in total. The summed E-state index contributed by atoms with van der Waals surface area (Å²) in [6.45, 7) is 3.02. The van der Waals surface area contributed by atoms with E-state index in [1.54, 1.807) is 0 Å². The lowest BCUT2D eigenvalue weighted by molar-refractivity contribution is 0.0992. The van der Waals surface area contributed by atoms with Gasteiger partial charge in [-0.2, -0.15) is 0 Å². The summed E-state index contributed by atoms with van der Waals surface area (Å²) in [6, 6.07) is 4.44. The van der Waals surface area contributed by atoms with Crippen LogP contribution in [0.2, 0.25) is 0 Å². The number of guanidine groups is 1. The lowest BCUT2D eigenvalue weighted by atomic mass is 9.89. The van der Waals surface area contributed by atoms with E-state index in [1.165, 1.54) is 19.3 Å². The van der Waals surface area contributed by atoms with Gasteiger partial charge < -0.3 is 20.1 Å². The fourth-order valence-electron chi connectivity index (χ4n) is 4.49. The highest BCUT2D eigenvalue weighted by molar-refractivity contribution is 5.80. The number of nitrogens with zero attached hydrogens (tertiary/aromatic N) is 2. The third-order valence-corrected chi connectivity index (χ3v) is 6.16. The first-order valence-electron chi connectivity index (χ1n) is 10.4. The van der Waals surface area contributed by atoms with Crippen LogP contribution in [-0.4, -0.2) is 42.3 Å². The zero-order valence-corrected chi connectivity index (χ0v) is 16.5. The van der Waals surface area contributed by atoms with Crippen molar-refractivity contribution in [3.05, 3.63) is 23.9 Å². The van der Waals surface area contributed by atoms with Crippen molar-refractivity contribution in [2.24, 2.45) is 10.9 Å². The van der Waals surface area contributed by atoms with Crippen molar-refractivity contribution in [2.75, 3.05) is 7.05 Å². The third kappa shape index (κ3) is 4.72. The molecule has 3 fully saturated rings. The van der Waals surface area contributed by atoms with Crippen molar-refractivity contribution in [1.82, 2.24) is 15.6 Å². The van der Waals surface area contributed by atoms with Crippen molar-refractivity contribution in [2.45, 2.75) is 82.8 Å². The van der Waals surface area contributed by atoms with Crippen LogP contribution in [0.5, 0.6) is 5.88 Å². The van der Waals surface area contributed by atoms with Crippen LogP contribution in [0.25, 0.3) is 0 Å². The Balaban J connectivity index is 1.27. The van der Waals surface area contributed by atoms with E-state index in [2.05, 4.69) is 27.5 Å². The van der Waals surface area contributed by atoms with E-state index in [0.29, 0.717) is 30.9 Å². The number of aliphatic imine (C=N–C) groups is 1. The second-order valence-electron chi connectivity index (χ2n) is 8.29. The number of hydrogen-bond donors (Lipinski definition) is 2. The molecule has 0 aromatic carbocycles. The number of fused-ring (bicyclic) bond motifs is 2. The van der Waals surface area contributed by atoms with E-state index in [1.807, 2.05) is 25.4 Å². The van der Waals surface area contributed by atoms with Gasteiger partial charge in [-0.3, -0.25) is 4.99 Å². The van der Waals surface area contributed by atoms with Crippen LogP contribution in [0, 0.1) is 5.92 Å². The minimum absolute atomic E-state index is 0.309. The van der Waals surface area contributed by atoms with Gasteiger partial charge in [0, 0.05) is 25.9 Å². The van der Waals surface area contributed by atoms with Crippen molar-refractivity contribution in [3.63, 3.8) is 0 Å². The maximum atomic E-state index is 6.12. The molecule has 3 unspecified atom stereocenters. The minimum Gasteiger partial charge on any atom is -0.474 e. The molecule has 1 aromatic rings. The highest BCUT2D eigenvalue weighted by Gasteiger charge is 2.41. The fourth-order valence-corrected chi connectivity index (χ4v) is 4.49. The SMILES string of the molecule is CN=C(NCc1ccnc(OC2CCC(C)CC2)c1)NC1CC2CCC1O2. The largest absolute Gasteiger partial charge is 0.474 e. The summed E-state index contributed by atoms with van der Waals surface area (Å²) in [7, 11) is 1.81. The zero-order chi connectivity index (χ0) is 18.6. The summed E-state index contributed by atoms with van der Waals surface area (Å²) >= 11 is 0. The first-order chi connectivity index (χ1) is 13.2. The summed E-state index contributed by atoms with van der Waals surface area (Å²) in [4.78, 5) is 8.76. The van der Waals surface area contributed by atoms with Gasteiger partial charge in [0.25, 0.3) is 0 Å². The van der Waals surface area contributed by atoms with Gasteiger partial charge in [-0.05, 0) is 62.5 Å². The number of aromatic nitrogens is 1. The quantitative estimate of drug-likeness (QED) is 0.614. The van der Waals surface area contributed by atoms with Gasteiger partial charge in [-0.25, -0.2) is 4.98 Å². The normalized spacial score (nSPS) is 33.1. The second kappa shape index (κ2) is 8.46. The molecule has 1 aliphatic carbocycles. The Morgan fingerprint density at radius 3 is 2.81 bits per heavy atom. The maximum Gasteiger partial charge on any atom is 0.213 e. The molecule has 0 radical (unpaired) electrons. The predicted octanol–water partition coefficient (Wildman–Crippen LogP) is 3.02. The number of ether oxygens (including phenoxy) is 2. The van der Waals surface area contributed by atoms with Gasteiger partial charge in [0.1, 0.15) is 6.10 Å². The monoisotopic (exact) mass is 372 g/mol. The summed E-state index contributed by atoms with van der Waals surface area (Å²) in [5, 5.41) is 6.93. The first-order valence-corrected chi connectivity index (χ1v) is 10.4. The van der Waals surface area contributed by atoms with Gasteiger partial charge in [0.15, 0.2) is 5.96 Å². The Kier molecular flexibility index (Phi) is 5.81. The van der Waals surface area contributed by atoms with E-state index in [-0.39, 0.29) is 0 Å². The highest BCUT2D eigenvalue weighted by atomic mass is 16.5. The molecule has 2 saturated heterocycles. The Morgan fingerprint density at radius 1 is 1.26 bits per heavy atom. The molecule has 0 amide bonds. The van der Waals surface area contributed by atoms with Gasteiger partial charge in [0.05, 0.1) is 18.2 Å². The van der Waals surface area contributed by atoms with Crippen LogP contribution >= 0.6 is 0 Å². The van der Waals surface area contributed by atoms with E-state index in [4.69, 9.17) is 9.47 Å². The molecule has 4 rings (SSSR count). The van der Waals surface area contributed by atoms with Gasteiger partial charge in [0.2, 0.25) is 5.88 Å². The van der Waals surface area contributed by atoms with E-state index >= 15 is 0 Å². The van der Waals surface area contributed by atoms with Crippen molar-refractivity contribution < 1.29 is 9.47 Å². The van der Waals surface area contributed by atoms with Gasteiger partial charge in [-0.15, -0.1) is 0 Å². The average Bonchev–Trinajstić information content (AvgIpc) is 3.30. The molecule has 6 nitrogen and oxygen atoms in total. The lowest BCUT2D eigenvalue weighted by Gasteiger charge is -2.26. The average molecular weight is 373 g/mol. The molecule has 2 bridgehead atoms. The number of hydrogen-bond acceptors (Lipinski definition) is 4. The first kappa shape index (κ1) is 18.5. The van der Waals surface area contributed by atoms with Gasteiger partial charge >= 0.3 is 0 Å². The molecular weight excluding hydrogens is 340 g/mol. The molecule has 3 aliphatic rings. The van der Waals surface area contributed by atoms with Crippen molar-refractivity contribution >= 4 is 5.96 Å². The Morgan fingerprint density at radius 2 is 2.11 bits per heavy atom. The summed E-state index contributed by atoms with van der Waals surface area (Å²) in [5.41, 5.74) is 1.15. The van der Waals surface area contributed by atoms with E-state index in [9.17, 15) is 0 Å². The molecular formula is C21H32N4O2. The fraction of sp³-hybridized carbons (Fsp3) is 0.714. The molecule has 1 saturated carbocycles. The highest BCUT2D eigenvalue weighted by Crippen LogP contribution is 2.34. The van der Waals surface area contributed by atoms with Gasteiger partial charge in [-0.1, -0.05) is 6.92 Å². The molecule has 2 aliphatic heterocycles. The molecule has 6 heteroatoms. The van der Waals surface area contributed by atoms with E-state index < -0.39 is 0 Å². The molecule has 0 spiro atoms. The lowest BCUT2D eigenvalue weighted by Crippen LogP contribution is -2.47. The van der Waals surface area contributed by atoms with Crippen LogP contribution in [0.4, 0.5) is 0 Å². The van der Waals surface area contributed by atoms with Crippen LogP contribution in [0.3, 0.4) is 0 Å². The number of rotatable bonds is 5. The minimum atomic E-state index is 0.309. The van der Waals surface area contributed by atoms with E-state index in [0.717, 1.165) is 49.0 Å². The topological polar surface area (TPSA) is 67.8 Å². The molecule has 27 heavy (non-hydrogen) atoms. The summed E-state index contributed by atoms with van der Waals surface area (Å²) in [5.74, 6) is 2.39. The third-order valence-electron chi connectivity index (χ3n) is 6.16. The standard InChI is InChI=1S/C21H32N4O2/c1-14-3-5-16(6-4-14)27-20-11-15(9-10-23-20)13-24-21(22-2)25-18-12-17-7-8-19(18)26-17/h9-11,14,16-19H,3-8,12-13H2,1-2H3,(H2,22,24,25). The van der Waals surface area contributed by atoms with Crippen LogP contribution in [0.15, 0.2) is 23.3 Å². The van der Waals surface area contributed by atoms with Crippen LogP contribution < -0.4 is 15.4 Å². The zero-order valence-electron chi connectivity index (χ0n) is 16.5. The van der Waals surface area contributed by atoms with Crippen LogP contribution in [0.1, 0.15) is 57.4 Å². The second-order valence-corrected chi connectivity index (χ2v) is 8.29. The number of pyridine rings is 1. The molecule has 3 atom stereocenters. The maximum absolute atomic E-state index is 6.12. The van der Waals surface area contributed by atoms with Crippen molar-refractivity contribution in [1.29, 1.82) is 0 Å². The summed E-state index contributed by atoms with van der Waals surface area (Å²) in [6.07, 6.45) is 11.1. The Labute approximate surface area is 162 Å². The van der Waals surface area contributed by atoms with Crippen molar-refractivity contribution in [3.8, 4) is 5.88 Å². The molecule has 148 valence electrons. The Bertz CT molecular complexity index is 657. The summed E-state index contributed by atoms with van der Waals surface area (Å²) < 4.78 is 12.0. The number of nitrogens with one attached hydrogen (secondary N) is 2. The smallest absolute Gasteiger partial charge is 0.213 e. The molecule has 1 aromatic heterocycles. The molecule has 3 heterocycles. The predicted molar refractivity (Wildman–Crippen MR) is 106 cm³/mol.